The van der Waals surface area contributed by atoms with Crippen molar-refractivity contribution in [2.24, 2.45) is 5.73 Å². The number of ether oxygens (including phenoxy) is 1. The smallest absolute Gasteiger partial charge is 0.245 e. The molecule has 1 heterocycles. The Labute approximate surface area is 140 Å². The Bertz CT molecular complexity index is 648. The van der Waals surface area contributed by atoms with E-state index in [0.717, 1.165) is 21.9 Å². The lowest BCUT2D eigenvalue weighted by Gasteiger charge is -2.16. The van der Waals surface area contributed by atoms with Crippen LogP contribution in [0.2, 0.25) is 0 Å². The Hall–Kier alpha value is -1.63. The summed E-state index contributed by atoms with van der Waals surface area (Å²) < 4.78 is 5.14. The van der Waals surface area contributed by atoms with Crippen LogP contribution in [0.25, 0.3) is 11.3 Å². The number of nitrogens with two attached hydrogens (primary N) is 1. The zero-order chi connectivity index (χ0) is 15.6. The van der Waals surface area contributed by atoms with Crippen molar-refractivity contribution in [3.8, 4) is 17.0 Å². The number of benzene rings is 1. The lowest BCUT2D eigenvalue weighted by Crippen LogP contribution is -2.45. The Kier molecular flexibility index (Phi) is 5.93. The van der Waals surface area contributed by atoms with E-state index in [0.29, 0.717) is 5.13 Å². The highest BCUT2D eigenvalue weighted by Crippen LogP contribution is 2.31. The first-order valence-electron chi connectivity index (χ1n) is 6.53. The van der Waals surface area contributed by atoms with Gasteiger partial charge in [0.2, 0.25) is 5.91 Å². The minimum absolute atomic E-state index is 0. The minimum atomic E-state index is -0.931. The van der Waals surface area contributed by atoms with Crippen molar-refractivity contribution in [3.63, 3.8) is 0 Å². The van der Waals surface area contributed by atoms with Gasteiger partial charge in [0.1, 0.15) is 5.75 Å². The maximum atomic E-state index is 11.9. The van der Waals surface area contributed by atoms with Crippen LogP contribution in [0.15, 0.2) is 24.3 Å². The summed E-state index contributed by atoms with van der Waals surface area (Å²) in [6, 6.07) is 7.66. The first kappa shape index (κ1) is 18.4. The van der Waals surface area contributed by atoms with E-state index in [-0.39, 0.29) is 18.3 Å². The van der Waals surface area contributed by atoms with E-state index in [9.17, 15) is 4.79 Å². The summed E-state index contributed by atoms with van der Waals surface area (Å²) in [6.07, 6.45) is 0. The summed E-state index contributed by atoms with van der Waals surface area (Å²) in [5, 5.41) is 3.31. The third-order valence-electron chi connectivity index (χ3n) is 2.97. The van der Waals surface area contributed by atoms with Crippen molar-refractivity contribution in [2.75, 3.05) is 12.4 Å². The van der Waals surface area contributed by atoms with Crippen LogP contribution in [0, 0.1) is 6.92 Å². The van der Waals surface area contributed by atoms with Gasteiger partial charge in [-0.05, 0) is 45.0 Å². The molecule has 0 spiro atoms. The third-order valence-corrected chi connectivity index (χ3v) is 3.85. The van der Waals surface area contributed by atoms with E-state index in [1.165, 1.54) is 11.3 Å². The zero-order valence-corrected chi connectivity index (χ0v) is 14.6. The summed E-state index contributed by atoms with van der Waals surface area (Å²) in [7, 11) is 1.63. The van der Waals surface area contributed by atoms with Crippen LogP contribution >= 0.6 is 23.7 Å². The fraction of sp³-hybridized carbons (Fsp3) is 0.333. The second kappa shape index (κ2) is 7.09. The highest BCUT2D eigenvalue weighted by molar-refractivity contribution is 7.16. The van der Waals surface area contributed by atoms with Gasteiger partial charge >= 0.3 is 0 Å². The van der Waals surface area contributed by atoms with Crippen LogP contribution in [0.1, 0.15) is 18.7 Å². The van der Waals surface area contributed by atoms with Crippen LogP contribution in [0.3, 0.4) is 0 Å². The van der Waals surface area contributed by atoms with Crippen LogP contribution in [-0.4, -0.2) is 23.5 Å². The number of anilines is 1. The molecule has 0 aliphatic heterocycles. The topological polar surface area (TPSA) is 77.2 Å². The van der Waals surface area contributed by atoms with Crippen LogP contribution in [0.5, 0.6) is 5.75 Å². The molecule has 0 saturated carbocycles. The molecule has 5 nitrogen and oxygen atoms in total. The van der Waals surface area contributed by atoms with Crippen molar-refractivity contribution in [1.82, 2.24) is 4.98 Å². The van der Waals surface area contributed by atoms with E-state index in [1.54, 1.807) is 21.0 Å². The molecule has 0 saturated heterocycles. The average molecular weight is 342 g/mol. The third kappa shape index (κ3) is 4.19. The molecule has 0 bridgehead atoms. The van der Waals surface area contributed by atoms with Crippen molar-refractivity contribution >= 4 is 34.8 Å². The fourth-order valence-electron chi connectivity index (χ4n) is 1.72. The molecule has 0 aliphatic rings. The van der Waals surface area contributed by atoms with Crippen LogP contribution in [0.4, 0.5) is 5.13 Å². The van der Waals surface area contributed by atoms with E-state index >= 15 is 0 Å². The summed E-state index contributed by atoms with van der Waals surface area (Å²) >= 11 is 1.43. The van der Waals surface area contributed by atoms with E-state index in [1.807, 2.05) is 31.2 Å². The largest absolute Gasteiger partial charge is 0.497 e. The lowest BCUT2D eigenvalue weighted by atomic mass is 10.1. The molecule has 0 fully saturated rings. The van der Waals surface area contributed by atoms with Crippen molar-refractivity contribution in [1.29, 1.82) is 0 Å². The highest BCUT2D eigenvalue weighted by Gasteiger charge is 2.23. The molecule has 2 aromatic rings. The molecular formula is C15H20ClN3O2S. The lowest BCUT2D eigenvalue weighted by molar-refractivity contribution is -0.120. The standard InChI is InChI=1S/C15H19N3O2S.ClH/c1-9-12(10-5-7-11(20-4)8-6-10)17-14(21-9)18-13(19)15(2,3)16;/h5-8H,16H2,1-4H3,(H,17,18,19);1H. The predicted molar refractivity (Wildman–Crippen MR) is 93.0 cm³/mol. The molecule has 2 rings (SSSR count). The number of aryl methyl sites for hydroxylation is 1. The molecule has 22 heavy (non-hydrogen) atoms. The molecule has 0 unspecified atom stereocenters. The normalized spacial score (nSPS) is 10.8. The fourth-order valence-corrected chi connectivity index (χ4v) is 2.56. The number of halogens is 1. The SMILES string of the molecule is COc1ccc(-c2nc(NC(=O)C(C)(C)N)sc2C)cc1.Cl. The predicted octanol–water partition coefficient (Wildman–Crippen LogP) is 3.22. The van der Waals surface area contributed by atoms with Crippen LogP contribution in [-0.2, 0) is 4.79 Å². The van der Waals surface area contributed by atoms with Crippen LogP contribution < -0.4 is 15.8 Å². The van der Waals surface area contributed by atoms with Gasteiger partial charge in [0, 0.05) is 10.4 Å². The first-order chi connectivity index (χ1) is 9.81. The number of amides is 1. The summed E-state index contributed by atoms with van der Waals surface area (Å²) in [6.45, 7) is 5.29. The number of rotatable bonds is 4. The maximum absolute atomic E-state index is 11.9. The number of methoxy groups -OCH3 is 1. The van der Waals surface area contributed by atoms with Crippen molar-refractivity contribution in [2.45, 2.75) is 26.3 Å². The molecule has 1 aromatic carbocycles. The highest BCUT2D eigenvalue weighted by atomic mass is 35.5. The summed E-state index contributed by atoms with van der Waals surface area (Å²) in [5.74, 6) is 0.544. The monoisotopic (exact) mass is 341 g/mol. The van der Waals surface area contributed by atoms with Gasteiger partial charge < -0.3 is 15.8 Å². The number of carbonyl (C=O) groups excluding carboxylic acids is 1. The Balaban J connectivity index is 0.00000242. The van der Waals surface area contributed by atoms with E-state index in [2.05, 4.69) is 10.3 Å². The number of hydrogen-bond donors (Lipinski definition) is 2. The number of carbonyl (C=O) groups is 1. The minimum Gasteiger partial charge on any atom is -0.497 e. The quantitative estimate of drug-likeness (QED) is 0.895. The van der Waals surface area contributed by atoms with Gasteiger partial charge in [-0.3, -0.25) is 4.79 Å². The molecule has 0 atom stereocenters. The zero-order valence-electron chi connectivity index (χ0n) is 13.0. The van der Waals surface area contributed by atoms with Crippen molar-refractivity contribution in [3.05, 3.63) is 29.1 Å². The van der Waals surface area contributed by atoms with Gasteiger partial charge in [-0.25, -0.2) is 4.98 Å². The molecule has 7 heteroatoms. The molecule has 0 radical (unpaired) electrons. The molecule has 1 amide bonds. The van der Waals surface area contributed by atoms with Gasteiger partial charge in [0.05, 0.1) is 18.3 Å². The number of hydrogen-bond acceptors (Lipinski definition) is 5. The second-order valence-electron chi connectivity index (χ2n) is 5.33. The van der Waals surface area contributed by atoms with Gasteiger partial charge in [-0.15, -0.1) is 23.7 Å². The summed E-state index contributed by atoms with van der Waals surface area (Å²) in [5.41, 5.74) is 6.67. The number of aromatic nitrogens is 1. The van der Waals surface area contributed by atoms with Gasteiger partial charge in [-0.2, -0.15) is 0 Å². The van der Waals surface area contributed by atoms with Crippen molar-refractivity contribution < 1.29 is 9.53 Å². The average Bonchev–Trinajstić information content (AvgIpc) is 2.78. The summed E-state index contributed by atoms with van der Waals surface area (Å²) in [4.78, 5) is 17.4. The first-order valence-corrected chi connectivity index (χ1v) is 7.35. The Morgan fingerprint density at radius 2 is 1.91 bits per heavy atom. The van der Waals surface area contributed by atoms with E-state index < -0.39 is 5.54 Å². The Morgan fingerprint density at radius 1 is 1.32 bits per heavy atom. The molecule has 120 valence electrons. The van der Waals surface area contributed by atoms with Gasteiger partial charge in [0.25, 0.3) is 0 Å². The number of nitrogens with zero attached hydrogens (tertiary/aromatic N) is 1. The van der Waals surface area contributed by atoms with Gasteiger partial charge in [-0.1, -0.05) is 0 Å². The molecule has 3 N–H and O–H groups in total. The Morgan fingerprint density at radius 3 is 2.41 bits per heavy atom. The second-order valence-corrected chi connectivity index (χ2v) is 6.53. The molecule has 0 aliphatic carbocycles. The number of thiazole rings is 1. The number of nitrogens with one attached hydrogen (secondary N) is 1. The maximum Gasteiger partial charge on any atom is 0.245 e. The van der Waals surface area contributed by atoms with E-state index in [4.69, 9.17) is 10.5 Å². The molecule has 1 aromatic heterocycles. The van der Waals surface area contributed by atoms with Gasteiger partial charge in [0.15, 0.2) is 5.13 Å². The molecular weight excluding hydrogens is 322 g/mol.